The summed E-state index contributed by atoms with van der Waals surface area (Å²) in [5, 5.41) is 3.41. The average Bonchev–Trinajstić information content (AvgIpc) is 2.28. The van der Waals surface area contributed by atoms with Crippen LogP contribution in [0.5, 0.6) is 0 Å². The smallest absolute Gasteiger partial charge is 0.148 e. The Morgan fingerprint density at radius 1 is 1.27 bits per heavy atom. The van der Waals surface area contributed by atoms with Gasteiger partial charge in [0.1, 0.15) is 5.82 Å². The number of aryl methyl sites for hydroxylation is 2. The van der Waals surface area contributed by atoms with Crippen LogP contribution in [-0.4, -0.2) is 16.0 Å². The van der Waals surface area contributed by atoms with E-state index in [2.05, 4.69) is 43.0 Å². The SMILES string of the molecule is CCc1cnc(CC)c(NC(C)CC)n1. The molecule has 1 aromatic heterocycles. The molecule has 0 saturated carbocycles. The number of nitrogens with zero attached hydrogens (tertiary/aromatic N) is 2. The van der Waals surface area contributed by atoms with Crippen molar-refractivity contribution in [1.82, 2.24) is 9.97 Å². The van der Waals surface area contributed by atoms with Crippen molar-refractivity contribution in [2.75, 3.05) is 5.32 Å². The lowest BCUT2D eigenvalue weighted by molar-refractivity contribution is 0.751. The van der Waals surface area contributed by atoms with Gasteiger partial charge in [0, 0.05) is 12.2 Å². The van der Waals surface area contributed by atoms with E-state index in [1.165, 1.54) is 0 Å². The Bertz CT molecular complexity index is 310. The molecule has 0 aliphatic rings. The normalized spacial score (nSPS) is 12.5. The Balaban J connectivity index is 2.90. The van der Waals surface area contributed by atoms with Gasteiger partial charge >= 0.3 is 0 Å². The predicted octanol–water partition coefficient (Wildman–Crippen LogP) is 2.81. The molecular weight excluding hydrogens is 186 g/mol. The van der Waals surface area contributed by atoms with Crippen LogP contribution in [0.15, 0.2) is 6.20 Å². The van der Waals surface area contributed by atoms with Gasteiger partial charge < -0.3 is 5.32 Å². The molecule has 1 heterocycles. The molecule has 1 aromatic rings. The number of aromatic nitrogens is 2. The quantitative estimate of drug-likeness (QED) is 0.806. The lowest BCUT2D eigenvalue weighted by Gasteiger charge is -2.15. The summed E-state index contributed by atoms with van der Waals surface area (Å²) >= 11 is 0. The molecule has 0 aliphatic carbocycles. The van der Waals surface area contributed by atoms with Gasteiger partial charge in [0.2, 0.25) is 0 Å². The minimum atomic E-state index is 0.455. The molecule has 1 rings (SSSR count). The summed E-state index contributed by atoms with van der Waals surface area (Å²) in [6, 6.07) is 0.455. The largest absolute Gasteiger partial charge is 0.366 e. The molecule has 84 valence electrons. The maximum Gasteiger partial charge on any atom is 0.148 e. The van der Waals surface area contributed by atoms with Gasteiger partial charge in [-0.2, -0.15) is 0 Å². The summed E-state index contributed by atoms with van der Waals surface area (Å²) in [5.74, 6) is 0.964. The van der Waals surface area contributed by atoms with E-state index in [9.17, 15) is 0 Å². The van der Waals surface area contributed by atoms with Crippen molar-refractivity contribution in [3.05, 3.63) is 17.6 Å². The van der Waals surface area contributed by atoms with Gasteiger partial charge in [-0.05, 0) is 26.2 Å². The van der Waals surface area contributed by atoms with Crippen LogP contribution in [0.2, 0.25) is 0 Å². The highest BCUT2D eigenvalue weighted by molar-refractivity contribution is 5.41. The highest BCUT2D eigenvalue weighted by Crippen LogP contribution is 2.13. The van der Waals surface area contributed by atoms with Gasteiger partial charge in [-0.15, -0.1) is 0 Å². The van der Waals surface area contributed by atoms with Crippen molar-refractivity contribution in [3.63, 3.8) is 0 Å². The number of nitrogens with one attached hydrogen (secondary N) is 1. The second-order valence-electron chi connectivity index (χ2n) is 3.82. The summed E-state index contributed by atoms with van der Waals surface area (Å²) in [6.07, 6.45) is 4.84. The van der Waals surface area contributed by atoms with Crippen LogP contribution in [0.1, 0.15) is 45.5 Å². The number of hydrogen-bond acceptors (Lipinski definition) is 3. The maximum absolute atomic E-state index is 4.58. The van der Waals surface area contributed by atoms with Gasteiger partial charge in [0.05, 0.1) is 11.4 Å². The van der Waals surface area contributed by atoms with Crippen LogP contribution in [0.4, 0.5) is 5.82 Å². The third-order valence-corrected chi connectivity index (χ3v) is 2.59. The number of anilines is 1. The number of rotatable bonds is 5. The first-order valence-corrected chi connectivity index (χ1v) is 5.82. The molecule has 0 aliphatic heterocycles. The summed E-state index contributed by atoms with van der Waals surface area (Å²) in [4.78, 5) is 9.01. The molecule has 3 nitrogen and oxygen atoms in total. The first kappa shape index (κ1) is 12.0. The van der Waals surface area contributed by atoms with Crippen LogP contribution < -0.4 is 5.32 Å². The van der Waals surface area contributed by atoms with Crippen LogP contribution in [0.25, 0.3) is 0 Å². The predicted molar refractivity (Wildman–Crippen MR) is 64.2 cm³/mol. The fourth-order valence-electron chi connectivity index (χ4n) is 1.33. The third-order valence-electron chi connectivity index (χ3n) is 2.59. The molecule has 0 saturated heterocycles. The van der Waals surface area contributed by atoms with E-state index in [0.29, 0.717) is 6.04 Å². The van der Waals surface area contributed by atoms with E-state index in [0.717, 1.165) is 36.5 Å². The summed E-state index contributed by atoms with van der Waals surface area (Å²) in [6.45, 7) is 8.54. The molecule has 15 heavy (non-hydrogen) atoms. The zero-order chi connectivity index (χ0) is 11.3. The van der Waals surface area contributed by atoms with Gasteiger partial charge in [0.25, 0.3) is 0 Å². The highest BCUT2D eigenvalue weighted by atomic mass is 15.0. The van der Waals surface area contributed by atoms with E-state index < -0.39 is 0 Å². The van der Waals surface area contributed by atoms with Gasteiger partial charge in [-0.1, -0.05) is 20.8 Å². The Morgan fingerprint density at radius 2 is 2.00 bits per heavy atom. The van der Waals surface area contributed by atoms with E-state index in [4.69, 9.17) is 0 Å². The minimum Gasteiger partial charge on any atom is -0.366 e. The van der Waals surface area contributed by atoms with Crippen molar-refractivity contribution in [2.24, 2.45) is 0 Å². The summed E-state index contributed by atoms with van der Waals surface area (Å²) in [5.41, 5.74) is 2.12. The molecular formula is C12H21N3. The van der Waals surface area contributed by atoms with Crippen LogP contribution in [0.3, 0.4) is 0 Å². The van der Waals surface area contributed by atoms with Crippen LogP contribution in [0, 0.1) is 0 Å². The van der Waals surface area contributed by atoms with E-state index in [-0.39, 0.29) is 0 Å². The fraction of sp³-hybridized carbons (Fsp3) is 0.667. The molecule has 3 heteroatoms. The Kier molecular flexibility index (Phi) is 4.53. The summed E-state index contributed by atoms with van der Waals surface area (Å²) < 4.78 is 0. The monoisotopic (exact) mass is 207 g/mol. The maximum atomic E-state index is 4.58. The molecule has 1 N–H and O–H groups in total. The van der Waals surface area contributed by atoms with Gasteiger partial charge in [-0.25, -0.2) is 4.98 Å². The third kappa shape index (κ3) is 3.18. The lowest BCUT2D eigenvalue weighted by atomic mass is 10.2. The summed E-state index contributed by atoms with van der Waals surface area (Å²) in [7, 11) is 0. The van der Waals surface area contributed by atoms with Crippen molar-refractivity contribution in [1.29, 1.82) is 0 Å². The standard InChI is InChI=1S/C12H21N3/c1-5-9(4)14-12-11(7-3)13-8-10(6-2)15-12/h8-9H,5-7H2,1-4H3,(H,14,15). The van der Waals surface area contributed by atoms with Crippen molar-refractivity contribution >= 4 is 5.82 Å². The minimum absolute atomic E-state index is 0.455. The zero-order valence-electron chi connectivity index (χ0n) is 10.2. The van der Waals surface area contributed by atoms with Crippen molar-refractivity contribution in [2.45, 2.75) is 53.0 Å². The Labute approximate surface area is 92.3 Å². The molecule has 1 unspecified atom stereocenters. The van der Waals surface area contributed by atoms with Crippen LogP contribution >= 0.6 is 0 Å². The first-order valence-electron chi connectivity index (χ1n) is 5.82. The van der Waals surface area contributed by atoms with E-state index in [1.807, 2.05) is 6.20 Å². The second-order valence-corrected chi connectivity index (χ2v) is 3.82. The first-order chi connectivity index (χ1) is 7.21. The Hall–Kier alpha value is -1.12. The average molecular weight is 207 g/mol. The molecule has 0 radical (unpaired) electrons. The molecule has 0 aromatic carbocycles. The molecule has 0 bridgehead atoms. The number of hydrogen-bond donors (Lipinski definition) is 1. The highest BCUT2D eigenvalue weighted by Gasteiger charge is 2.07. The zero-order valence-corrected chi connectivity index (χ0v) is 10.2. The van der Waals surface area contributed by atoms with Crippen LogP contribution in [-0.2, 0) is 12.8 Å². The lowest BCUT2D eigenvalue weighted by Crippen LogP contribution is -2.17. The topological polar surface area (TPSA) is 37.8 Å². The van der Waals surface area contributed by atoms with E-state index >= 15 is 0 Å². The fourth-order valence-corrected chi connectivity index (χ4v) is 1.33. The van der Waals surface area contributed by atoms with Gasteiger partial charge in [0.15, 0.2) is 0 Å². The van der Waals surface area contributed by atoms with Gasteiger partial charge in [-0.3, -0.25) is 4.98 Å². The molecule has 0 spiro atoms. The second kappa shape index (κ2) is 5.69. The van der Waals surface area contributed by atoms with Crippen molar-refractivity contribution in [3.8, 4) is 0 Å². The Morgan fingerprint density at radius 3 is 2.53 bits per heavy atom. The molecule has 0 amide bonds. The molecule has 0 fully saturated rings. The van der Waals surface area contributed by atoms with E-state index in [1.54, 1.807) is 0 Å². The van der Waals surface area contributed by atoms with Crippen molar-refractivity contribution < 1.29 is 0 Å². The molecule has 1 atom stereocenters.